The molecular formula is C58H43N5. The van der Waals surface area contributed by atoms with Crippen LogP contribution in [0.25, 0.3) is 32.9 Å². The number of fused-ring (bicyclic) bond motifs is 10. The molecular weight excluding hydrogens is 767 g/mol. The van der Waals surface area contributed by atoms with Crippen molar-refractivity contribution in [3.8, 4) is 11.1 Å². The number of aryl methyl sites for hydroxylation is 1. The fraction of sp³-hybridized carbons (Fsp3) is 0.0690. The first-order valence-corrected chi connectivity index (χ1v) is 21.8. The zero-order chi connectivity index (χ0) is 42.0. The van der Waals surface area contributed by atoms with Crippen molar-refractivity contribution < 1.29 is 0 Å². The molecule has 0 saturated carbocycles. The minimum absolute atomic E-state index is 0.215. The topological polar surface area (TPSA) is 17.9 Å². The lowest BCUT2D eigenvalue weighted by Crippen LogP contribution is -2.24. The molecule has 0 bridgehead atoms. The molecule has 0 unspecified atom stereocenters. The highest BCUT2D eigenvalue weighted by Crippen LogP contribution is 2.58. The van der Waals surface area contributed by atoms with Gasteiger partial charge in [-0.15, -0.1) is 0 Å². The zero-order valence-corrected chi connectivity index (χ0v) is 35.4. The second-order valence-corrected chi connectivity index (χ2v) is 17.5. The molecule has 0 spiro atoms. The molecule has 5 heteroatoms. The van der Waals surface area contributed by atoms with Crippen molar-refractivity contribution in [2.24, 2.45) is 7.05 Å². The molecule has 10 aromatic rings. The van der Waals surface area contributed by atoms with Gasteiger partial charge in [-0.2, -0.15) is 0 Å². The molecule has 0 atom stereocenters. The highest BCUT2D eigenvalue weighted by Gasteiger charge is 2.38. The summed E-state index contributed by atoms with van der Waals surface area (Å²) in [6.45, 7) is 4.80. The standard InChI is InChI=1S/C58H43N5/c1-58(2)46-34-40(62-52-26-14-10-22-48(52)60(38-18-6-4-7-19-38)49-23-11-15-27-53(49)62)30-32-42(46)44-37-57-45(36-47(44)58)43-33-31-41(35-56(43)59(57)3)63-54-28-16-12-24-50(54)61(39-20-8-5-9-21-39)51-25-13-17-29-55(51)63/h4-37H,1-3H3. The van der Waals surface area contributed by atoms with Gasteiger partial charge in [-0.25, -0.2) is 0 Å². The van der Waals surface area contributed by atoms with Gasteiger partial charge in [-0.1, -0.05) is 111 Å². The van der Waals surface area contributed by atoms with Crippen molar-refractivity contribution in [3.05, 3.63) is 217 Å². The lowest BCUT2D eigenvalue weighted by atomic mass is 9.82. The van der Waals surface area contributed by atoms with Crippen LogP contribution in [0.2, 0.25) is 0 Å². The third-order valence-corrected chi connectivity index (χ3v) is 13.8. The highest BCUT2D eigenvalue weighted by atomic mass is 15.3. The molecule has 13 rings (SSSR count). The van der Waals surface area contributed by atoms with Gasteiger partial charge in [0.05, 0.1) is 51.0 Å². The lowest BCUT2D eigenvalue weighted by Gasteiger charge is -2.40. The van der Waals surface area contributed by atoms with Gasteiger partial charge in [-0.3, -0.25) is 0 Å². The molecule has 2 aliphatic heterocycles. The summed E-state index contributed by atoms with van der Waals surface area (Å²) >= 11 is 0. The van der Waals surface area contributed by atoms with Crippen molar-refractivity contribution in [1.29, 1.82) is 0 Å². The smallest absolute Gasteiger partial charge is 0.0703 e. The Morgan fingerprint density at radius 2 is 0.667 bits per heavy atom. The van der Waals surface area contributed by atoms with E-state index in [1.807, 2.05) is 0 Å². The van der Waals surface area contributed by atoms with Crippen LogP contribution in [0.3, 0.4) is 0 Å². The molecule has 0 saturated heterocycles. The number of hydrogen-bond acceptors (Lipinski definition) is 4. The van der Waals surface area contributed by atoms with E-state index in [2.05, 4.69) is 251 Å². The first-order valence-electron chi connectivity index (χ1n) is 21.8. The molecule has 0 N–H and O–H groups in total. The fourth-order valence-corrected chi connectivity index (χ4v) is 10.8. The van der Waals surface area contributed by atoms with E-state index in [1.165, 1.54) is 44.1 Å². The van der Waals surface area contributed by atoms with E-state index >= 15 is 0 Å². The van der Waals surface area contributed by atoms with Crippen molar-refractivity contribution in [1.82, 2.24) is 4.57 Å². The van der Waals surface area contributed by atoms with Crippen LogP contribution in [0.1, 0.15) is 25.0 Å². The van der Waals surface area contributed by atoms with Crippen LogP contribution in [0.4, 0.5) is 68.2 Å². The maximum absolute atomic E-state index is 2.48. The third-order valence-electron chi connectivity index (χ3n) is 13.8. The van der Waals surface area contributed by atoms with E-state index in [1.54, 1.807) is 0 Å². The SMILES string of the molecule is Cn1c2cc(N3c4ccccc4N(c4ccccc4)c4ccccc43)ccc2c2cc3c(cc21)-c1ccc(N2c4ccccc4N(c4ccccc4)c4ccccc42)cc1C3(C)C. The van der Waals surface area contributed by atoms with Crippen molar-refractivity contribution >= 4 is 90.1 Å². The Morgan fingerprint density at radius 1 is 0.302 bits per heavy atom. The Hall–Kier alpha value is -8.02. The molecule has 63 heavy (non-hydrogen) atoms. The summed E-state index contributed by atoms with van der Waals surface area (Å²) in [6, 6.07) is 75.5. The molecule has 1 aromatic heterocycles. The summed E-state index contributed by atoms with van der Waals surface area (Å²) < 4.78 is 2.39. The predicted molar refractivity (Wildman–Crippen MR) is 264 cm³/mol. The number of anilines is 12. The minimum Gasteiger partial charge on any atom is -0.344 e. The summed E-state index contributed by atoms with van der Waals surface area (Å²) in [7, 11) is 2.23. The van der Waals surface area contributed by atoms with Crippen LogP contribution in [0.5, 0.6) is 0 Å². The Kier molecular flexibility index (Phi) is 7.50. The average molecular weight is 810 g/mol. The van der Waals surface area contributed by atoms with E-state index in [0.29, 0.717) is 0 Å². The van der Waals surface area contributed by atoms with E-state index in [4.69, 9.17) is 0 Å². The quantitative estimate of drug-likeness (QED) is 0.176. The van der Waals surface area contributed by atoms with Gasteiger partial charge in [0.25, 0.3) is 0 Å². The number of para-hydroxylation sites is 10. The third kappa shape index (κ3) is 5.05. The summed E-state index contributed by atoms with van der Waals surface area (Å²) in [5.41, 5.74) is 21.4. The van der Waals surface area contributed by atoms with Gasteiger partial charge in [0.2, 0.25) is 0 Å². The second kappa shape index (κ2) is 13.2. The molecule has 5 nitrogen and oxygen atoms in total. The number of hydrogen-bond donors (Lipinski definition) is 0. The van der Waals surface area contributed by atoms with E-state index in [9.17, 15) is 0 Å². The summed E-state index contributed by atoms with van der Waals surface area (Å²) in [4.78, 5) is 9.64. The summed E-state index contributed by atoms with van der Waals surface area (Å²) in [5, 5.41) is 2.55. The van der Waals surface area contributed by atoms with Crippen molar-refractivity contribution in [3.63, 3.8) is 0 Å². The number of benzene rings is 9. The molecule has 3 aliphatic rings. The molecule has 0 amide bonds. The summed E-state index contributed by atoms with van der Waals surface area (Å²) in [6.07, 6.45) is 0. The maximum atomic E-state index is 2.48. The van der Waals surface area contributed by atoms with Crippen LogP contribution in [0, 0.1) is 0 Å². The van der Waals surface area contributed by atoms with Crippen LogP contribution >= 0.6 is 0 Å². The Bertz CT molecular complexity index is 3380. The Balaban J connectivity index is 0.923. The largest absolute Gasteiger partial charge is 0.344 e. The Morgan fingerprint density at radius 3 is 1.13 bits per heavy atom. The fourth-order valence-electron chi connectivity index (χ4n) is 10.8. The average Bonchev–Trinajstić information content (AvgIpc) is 3.73. The monoisotopic (exact) mass is 809 g/mol. The Labute approximate surface area is 367 Å². The molecule has 1 aliphatic carbocycles. The van der Waals surface area contributed by atoms with Gasteiger partial charge >= 0.3 is 0 Å². The molecule has 0 radical (unpaired) electrons. The first-order chi connectivity index (χ1) is 31.0. The number of rotatable bonds is 4. The molecule has 0 fully saturated rings. The van der Waals surface area contributed by atoms with E-state index < -0.39 is 0 Å². The maximum Gasteiger partial charge on any atom is 0.0703 e. The van der Waals surface area contributed by atoms with Gasteiger partial charge in [0.15, 0.2) is 0 Å². The minimum atomic E-state index is -0.215. The normalized spacial score (nSPS) is 14.3. The molecule has 3 heterocycles. The lowest BCUT2D eigenvalue weighted by molar-refractivity contribution is 0.661. The molecule has 9 aromatic carbocycles. The number of aromatic nitrogens is 1. The van der Waals surface area contributed by atoms with E-state index in [0.717, 1.165) is 68.2 Å². The molecule has 300 valence electrons. The predicted octanol–water partition coefficient (Wildman–Crippen LogP) is 16.1. The van der Waals surface area contributed by atoms with Crippen molar-refractivity contribution in [2.75, 3.05) is 19.6 Å². The van der Waals surface area contributed by atoms with Crippen LogP contribution < -0.4 is 19.6 Å². The summed E-state index contributed by atoms with van der Waals surface area (Å²) in [5.74, 6) is 0. The van der Waals surface area contributed by atoms with Gasteiger partial charge in [0, 0.05) is 51.5 Å². The highest BCUT2D eigenvalue weighted by molar-refractivity contribution is 6.12. The van der Waals surface area contributed by atoms with Crippen LogP contribution in [-0.4, -0.2) is 4.57 Å². The van der Waals surface area contributed by atoms with E-state index in [-0.39, 0.29) is 5.41 Å². The van der Waals surface area contributed by atoms with Crippen molar-refractivity contribution in [2.45, 2.75) is 19.3 Å². The number of nitrogens with zero attached hydrogens (tertiary/aromatic N) is 5. The second-order valence-electron chi connectivity index (χ2n) is 17.5. The first kappa shape index (κ1) is 35.7. The van der Waals surface area contributed by atoms with Gasteiger partial charge < -0.3 is 24.2 Å². The van der Waals surface area contributed by atoms with Crippen LogP contribution in [0.15, 0.2) is 206 Å². The van der Waals surface area contributed by atoms with Crippen LogP contribution in [-0.2, 0) is 12.5 Å². The van der Waals surface area contributed by atoms with Gasteiger partial charge in [-0.05, 0) is 131 Å². The van der Waals surface area contributed by atoms with Gasteiger partial charge in [0.1, 0.15) is 0 Å². The zero-order valence-electron chi connectivity index (χ0n) is 35.4.